The fourth-order valence-electron chi connectivity index (χ4n) is 1.44. The second kappa shape index (κ2) is 5.77. The highest BCUT2D eigenvalue weighted by molar-refractivity contribution is 5.37. The van der Waals surface area contributed by atoms with Gasteiger partial charge in [0, 0.05) is 12.4 Å². The number of nitrogens with two attached hydrogens (primary N) is 1. The molecule has 0 aromatic carbocycles. The second-order valence-corrected chi connectivity index (χ2v) is 4.17. The van der Waals surface area contributed by atoms with Gasteiger partial charge in [0.15, 0.2) is 0 Å². The zero-order valence-corrected chi connectivity index (χ0v) is 10.5. The van der Waals surface area contributed by atoms with E-state index in [4.69, 9.17) is 5.73 Å². The first-order valence-electron chi connectivity index (χ1n) is 5.73. The monoisotopic (exact) mass is 281 g/mol. The smallest absolute Gasteiger partial charge is 0.241 e. The van der Waals surface area contributed by atoms with Gasteiger partial charge in [-0.1, -0.05) is 0 Å². The summed E-state index contributed by atoms with van der Waals surface area (Å²) in [6, 6.07) is 0. The largest absolute Gasteiger partial charge is 0.394 e. The van der Waals surface area contributed by atoms with Gasteiger partial charge in [-0.3, -0.25) is 4.57 Å². The van der Waals surface area contributed by atoms with Gasteiger partial charge in [-0.05, 0) is 0 Å². The predicted molar refractivity (Wildman–Crippen MR) is 69.0 cm³/mol. The number of imidazole rings is 1. The molecule has 0 saturated heterocycles. The summed E-state index contributed by atoms with van der Waals surface area (Å²) in [5.74, 6) is 0.201. The number of aliphatic hydroxyl groups is 3. The first kappa shape index (κ1) is 14.1. The molecule has 0 unspecified atom stereocenters. The van der Waals surface area contributed by atoms with Gasteiger partial charge in [-0.15, -0.1) is 0 Å². The summed E-state index contributed by atoms with van der Waals surface area (Å²) in [6.45, 7) is -1.52. The van der Waals surface area contributed by atoms with Gasteiger partial charge < -0.3 is 26.4 Å². The van der Waals surface area contributed by atoms with Crippen LogP contribution in [0.2, 0.25) is 0 Å². The molecule has 2 aromatic heterocycles. The van der Waals surface area contributed by atoms with Gasteiger partial charge >= 0.3 is 0 Å². The first-order valence-corrected chi connectivity index (χ1v) is 5.73. The quantitative estimate of drug-likeness (QED) is 0.395. The fraction of sp³-hybridized carbons (Fsp3) is 0.400. The maximum Gasteiger partial charge on any atom is 0.241 e. The molecule has 0 bridgehead atoms. The van der Waals surface area contributed by atoms with Gasteiger partial charge in [-0.25, -0.2) is 4.98 Å². The van der Waals surface area contributed by atoms with E-state index in [2.05, 4.69) is 25.3 Å². The molecule has 0 amide bonds. The lowest BCUT2D eigenvalue weighted by Gasteiger charge is -2.28. The standard InChI is InChI=1S/C10H15N7O3/c11-7-13-8(16-10(3-18,4-19)5-20)15-9(14-7)17-2-1-12-6-17/h1-2,6,18-20H,3-5H2,(H3,11,13,14,15,16). The molecule has 0 aliphatic rings. The van der Waals surface area contributed by atoms with E-state index in [0.717, 1.165) is 0 Å². The van der Waals surface area contributed by atoms with Crippen molar-refractivity contribution in [1.82, 2.24) is 24.5 Å². The van der Waals surface area contributed by atoms with Gasteiger partial charge in [0.1, 0.15) is 11.9 Å². The molecular weight excluding hydrogens is 266 g/mol. The molecule has 20 heavy (non-hydrogen) atoms. The summed E-state index contributed by atoms with van der Waals surface area (Å²) in [6.07, 6.45) is 4.65. The molecule has 0 spiro atoms. The van der Waals surface area contributed by atoms with Crippen molar-refractivity contribution in [2.45, 2.75) is 5.54 Å². The van der Waals surface area contributed by atoms with Crippen molar-refractivity contribution < 1.29 is 15.3 Å². The number of anilines is 2. The van der Waals surface area contributed by atoms with Gasteiger partial charge in [0.05, 0.1) is 19.8 Å². The molecular formula is C10H15N7O3. The van der Waals surface area contributed by atoms with Gasteiger partial charge in [0.2, 0.25) is 17.8 Å². The van der Waals surface area contributed by atoms with Crippen LogP contribution in [0.4, 0.5) is 11.9 Å². The predicted octanol–water partition coefficient (Wildman–Crippen LogP) is -2.23. The van der Waals surface area contributed by atoms with Crippen LogP contribution in [-0.2, 0) is 0 Å². The molecule has 2 aromatic rings. The molecule has 10 heteroatoms. The molecule has 0 aliphatic carbocycles. The van der Waals surface area contributed by atoms with Crippen LogP contribution in [0.25, 0.3) is 5.95 Å². The number of aliphatic hydroxyl groups excluding tert-OH is 3. The van der Waals surface area contributed by atoms with Gasteiger partial charge in [0.25, 0.3) is 0 Å². The van der Waals surface area contributed by atoms with Crippen molar-refractivity contribution in [1.29, 1.82) is 0 Å². The molecule has 0 radical (unpaired) electrons. The van der Waals surface area contributed by atoms with Crippen LogP contribution in [0.15, 0.2) is 18.7 Å². The van der Waals surface area contributed by atoms with Crippen LogP contribution < -0.4 is 11.1 Å². The molecule has 2 heterocycles. The Morgan fingerprint density at radius 3 is 2.40 bits per heavy atom. The lowest BCUT2D eigenvalue weighted by atomic mass is 10.0. The molecule has 6 N–H and O–H groups in total. The summed E-state index contributed by atoms with van der Waals surface area (Å²) in [7, 11) is 0. The average Bonchev–Trinajstić information content (AvgIpc) is 2.98. The fourth-order valence-corrected chi connectivity index (χ4v) is 1.44. The van der Waals surface area contributed by atoms with Crippen LogP contribution in [0, 0.1) is 0 Å². The summed E-state index contributed by atoms with van der Waals surface area (Å²) in [5.41, 5.74) is 4.24. The Balaban J connectivity index is 2.33. The lowest BCUT2D eigenvalue weighted by molar-refractivity contribution is 0.0828. The van der Waals surface area contributed by atoms with E-state index in [0.29, 0.717) is 0 Å². The van der Waals surface area contributed by atoms with E-state index in [1.54, 1.807) is 12.4 Å². The Morgan fingerprint density at radius 2 is 1.85 bits per heavy atom. The topological polar surface area (TPSA) is 155 Å². The molecule has 0 aliphatic heterocycles. The normalized spacial score (nSPS) is 11.6. The number of rotatable bonds is 6. The second-order valence-electron chi connectivity index (χ2n) is 4.17. The number of hydrogen-bond donors (Lipinski definition) is 5. The third kappa shape index (κ3) is 2.82. The Hall–Kier alpha value is -2.30. The van der Waals surface area contributed by atoms with E-state index in [-0.39, 0.29) is 17.8 Å². The van der Waals surface area contributed by atoms with Crippen LogP contribution in [-0.4, -0.2) is 65.2 Å². The van der Waals surface area contributed by atoms with Crippen LogP contribution in [0.1, 0.15) is 0 Å². The van der Waals surface area contributed by atoms with E-state index in [1.807, 2.05) is 0 Å². The minimum atomic E-state index is -1.35. The maximum absolute atomic E-state index is 9.26. The third-order valence-corrected chi connectivity index (χ3v) is 2.66. The highest BCUT2D eigenvalue weighted by Gasteiger charge is 2.29. The van der Waals surface area contributed by atoms with Crippen molar-refractivity contribution in [3.8, 4) is 5.95 Å². The Kier molecular flexibility index (Phi) is 4.08. The van der Waals surface area contributed by atoms with Crippen molar-refractivity contribution in [3.05, 3.63) is 18.7 Å². The molecule has 0 atom stereocenters. The van der Waals surface area contributed by atoms with Crippen molar-refractivity contribution in [3.63, 3.8) is 0 Å². The van der Waals surface area contributed by atoms with E-state index in [1.165, 1.54) is 10.9 Å². The zero-order valence-electron chi connectivity index (χ0n) is 10.5. The maximum atomic E-state index is 9.26. The number of nitrogens with zero attached hydrogens (tertiary/aromatic N) is 5. The number of hydrogen-bond acceptors (Lipinski definition) is 9. The minimum Gasteiger partial charge on any atom is -0.394 e. The Morgan fingerprint density at radius 1 is 1.15 bits per heavy atom. The average molecular weight is 281 g/mol. The number of nitrogens with one attached hydrogen (secondary N) is 1. The summed E-state index contributed by atoms with van der Waals surface area (Å²) >= 11 is 0. The molecule has 108 valence electrons. The van der Waals surface area contributed by atoms with Gasteiger partial charge in [-0.2, -0.15) is 15.0 Å². The van der Waals surface area contributed by atoms with E-state index >= 15 is 0 Å². The molecule has 0 saturated carbocycles. The van der Waals surface area contributed by atoms with Crippen LogP contribution >= 0.6 is 0 Å². The van der Waals surface area contributed by atoms with Crippen LogP contribution in [0.3, 0.4) is 0 Å². The van der Waals surface area contributed by atoms with Crippen molar-refractivity contribution in [2.24, 2.45) is 0 Å². The highest BCUT2D eigenvalue weighted by atomic mass is 16.3. The summed E-state index contributed by atoms with van der Waals surface area (Å²) in [4.78, 5) is 15.7. The lowest BCUT2D eigenvalue weighted by Crippen LogP contribution is -2.49. The highest BCUT2D eigenvalue weighted by Crippen LogP contribution is 2.13. The van der Waals surface area contributed by atoms with Crippen LogP contribution in [0.5, 0.6) is 0 Å². The summed E-state index contributed by atoms with van der Waals surface area (Å²) in [5, 5.41) is 30.4. The summed E-state index contributed by atoms with van der Waals surface area (Å²) < 4.78 is 1.52. The zero-order chi connectivity index (χ0) is 14.6. The number of nitrogen functional groups attached to an aromatic ring is 1. The van der Waals surface area contributed by atoms with E-state index in [9.17, 15) is 15.3 Å². The molecule has 2 rings (SSSR count). The minimum absolute atomic E-state index is 0.0263. The SMILES string of the molecule is Nc1nc(NC(CO)(CO)CO)nc(-n2ccnc2)n1. The van der Waals surface area contributed by atoms with Crippen molar-refractivity contribution in [2.75, 3.05) is 30.9 Å². The Labute approximate surface area is 114 Å². The van der Waals surface area contributed by atoms with E-state index < -0.39 is 25.4 Å². The molecule has 0 fully saturated rings. The molecule has 10 nitrogen and oxygen atoms in total. The Bertz CT molecular complexity index is 548. The third-order valence-electron chi connectivity index (χ3n) is 2.66. The number of aromatic nitrogens is 5. The van der Waals surface area contributed by atoms with Crippen molar-refractivity contribution >= 4 is 11.9 Å². The first-order chi connectivity index (χ1) is 9.62.